The van der Waals surface area contributed by atoms with E-state index in [0.29, 0.717) is 13.2 Å². The third-order valence-electron chi connectivity index (χ3n) is 3.07. The molecular formula is C21H31NO2. The average Bonchev–Trinajstić information content (AvgIpc) is 2.65. The van der Waals surface area contributed by atoms with Crippen LogP contribution in [0.15, 0.2) is 48.5 Å². The summed E-state index contributed by atoms with van der Waals surface area (Å²) in [4.78, 5) is 12.2. The lowest BCUT2D eigenvalue weighted by Crippen LogP contribution is -2.31. The first-order valence-electron chi connectivity index (χ1n) is 8.68. The van der Waals surface area contributed by atoms with Gasteiger partial charge < -0.3 is 9.64 Å². The van der Waals surface area contributed by atoms with Crippen LogP contribution in [0, 0.1) is 13.8 Å². The summed E-state index contributed by atoms with van der Waals surface area (Å²) in [6, 6.07) is 16.0. The Morgan fingerprint density at radius 3 is 2.00 bits per heavy atom. The third kappa shape index (κ3) is 7.32. The fraction of sp³-hybridized carbons (Fsp3) is 0.381. The quantitative estimate of drug-likeness (QED) is 0.656. The van der Waals surface area contributed by atoms with Crippen LogP contribution in [0.2, 0.25) is 0 Å². The van der Waals surface area contributed by atoms with Crippen LogP contribution < -0.4 is 9.64 Å². The molecule has 0 saturated heterocycles. The van der Waals surface area contributed by atoms with Gasteiger partial charge in [0.05, 0.1) is 12.2 Å². The summed E-state index contributed by atoms with van der Waals surface area (Å²) in [5, 5.41) is 0. The number of ether oxygens (including phenoxy) is 1. The summed E-state index contributed by atoms with van der Waals surface area (Å²) in [6.07, 6.45) is 0.835. The van der Waals surface area contributed by atoms with Gasteiger partial charge >= 0.3 is 0 Å². The van der Waals surface area contributed by atoms with Crippen LogP contribution in [0.25, 0.3) is 0 Å². The molecule has 3 rings (SSSR count). The third-order valence-corrected chi connectivity index (χ3v) is 3.07. The Morgan fingerprint density at radius 1 is 0.917 bits per heavy atom. The zero-order valence-electron chi connectivity index (χ0n) is 15.9. The number of carbonyl (C=O) groups excluding carboxylic acids is 1. The number of hydrogen-bond acceptors (Lipinski definition) is 2. The fourth-order valence-electron chi connectivity index (χ4n) is 2.11. The topological polar surface area (TPSA) is 29.5 Å². The molecule has 0 unspecified atom stereocenters. The summed E-state index contributed by atoms with van der Waals surface area (Å²) in [7, 11) is 0. The molecule has 0 radical (unpaired) electrons. The van der Waals surface area contributed by atoms with Gasteiger partial charge in [0.2, 0.25) is 6.41 Å². The Bertz CT molecular complexity index is 564. The Balaban J connectivity index is 0.000000385. The highest BCUT2D eigenvalue weighted by Crippen LogP contribution is 2.29. The Morgan fingerprint density at radius 2 is 1.50 bits per heavy atom. The minimum atomic E-state index is 0.579. The van der Waals surface area contributed by atoms with E-state index in [4.69, 9.17) is 4.74 Å². The van der Waals surface area contributed by atoms with E-state index in [2.05, 4.69) is 38.1 Å². The molecule has 0 spiro atoms. The molecule has 132 valence electrons. The molecule has 0 bridgehead atoms. The maximum Gasteiger partial charge on any atom is 0.214 e. The first-order valence-corrected chi connectivity index (χ1v) is 8.68. The van der Waals surface area contributed by atoms with Gasteiger partial charge in [-0.05, 0) is 26.0 Å². The lowest BCUT2D eigenvalue weighted by molar-refractivity contribution is -0.107. The molecule has 3 heteroatoms. The first kappa shape index (κ1) is 21.7. The molecule has 0 fully saturated rings. The summed E-state index contributed by atoms with van der Waals surface area (Å²) < 4.78 is 5.35. The number of nitrogens with zero attached hydrogens (tertiary/aromatic N) is 1. The Hall–Kier alpha value is -2.29. The standard InChI is InChI=1S/C9H9NO2.C8H10.2C2H6/c11-7-10-5-6-12-9-4-2-1-3-8(9)10;1-7-4-3-5-8(2)6-7;2*1-2/h1-4,7H,5-6H2;3-6H,1-2H3;2*1-2H3. The monoisotopic (exact) mass is 329 g/mol. The number of rotatable bonds is 1. The molecular weight excluding hydrogens is 298 g/mol. The average molecular weight is 329 g/mol. The van der Waals surface area contributed by atoms with Crippen molar-refractivity contribution in [2.24, 2.45) is 0 Å². The molecule has 2 aromatic carbocycles. The van der Waals surface area contributed by atoms with E-state index in [1.54, 1.807) is 4.90 Å². The van der Waals surface area contributed by atoms with E-state index < -0.39 is 0 Å². The lowest BCUT2D eigenvalue weighted by atomic mass is 10.2. The highest BCUT2D eigenvalue weighted by molar-refractivity contribution is 5.79. The predicted molar refractivity (Wildman–Crippen MR) is 104 cm³/mol. The van der Waals surface area contributed by atoms with Gasteiger partial charge in [-0.3, -0.25) is 4.79 Å². The number of fused-ring (bicyclic) bond motifs is 1. The van der Waals surface area contributed by atoms with E-state index in [1.807, 2.05) is 52.0 Å². The summed E-state index contributed by atoms with van der Waals surface area (Å²) in [5.41, 5.74) is 3.54. The molecule has 0 aromatic heterocycles. The van der Waals surface area contributed by atoms with Crippen LogP contribution >= 0.6 is 0 Å². The van der Waals surface area contributed by atoms with Gasteiger partial charge in [-0.1, -0.05) is 75.2 Å². The molecule has 0 aliphatic carbocycles. The largest absolute Gasteiger partial charge is 0.490 e. The van der Waals surface area contributed by atoms with Crippen molar-refractivity contribution in [3.05, 3.63) is 59.7 Å². The molecule has 1 aliphatic rings. The van der Waals surface area contributed by atoms with Crippen LogP contribution in [0.4, 0.5) is 5.69 Å². The summed E-state index contributed by atoms with van der Waals surface area (Å²) >= 11 is 0. The van der Waals surface area contributed by atoms with Crippen LogP contribution in [0.3, 0.4) is 0 Å². The molecule has 0 atom stereocenters. The maximum absolute atomic E-state index is 10.6. The minimum absolute atomic E-state index is 0.579. The van der Waals surface area contributed by atoms with Gasteiger partial charge in [0.25, 0.3) is 0 Å². The molecule has 1 heterocycles. The van der Waals surface area contributed by atoms with Crippen molar-refractivity contribution in [3.8, 4) is 5.75 Å². The number of para-hydroxylation sites is 2. The molecule has 0 saturated carbocycles. The number of anilines is 1. The number of aryl methyl sites for hydroxylation is 2. The second-order valence-electron chi connectivity index (χ2n) is 4.77. The van der Waals surface area contributed by atoms with Crippen molar-refractivity contribution in [2.75, 3.05) is 18.1 Å². The van der Waals surface area contributed by atoms with Crippen LogP contribution in [-0.2, 0) is 4.79 Å². The fourth-order valence-corrected chi connectivity index (χ4v) is 2.11. The van der Waals surface area contributed by atoms with Crippen molar-refractivity contribution < 1.29 is 9.53 Å². The van der Waals surface area contributed by atoms with Crippen LogP contribution in [0.5, 0.6) is 5.75 Å². The Kier molecular flexibility index (Phi) is 11.9. The van der Waals surface area contributed by atoms with Gasteiger partial charge in [0.1, 0.15) is 12.4 Å². The van der Waals surface area contributed by atoms with Crippen molar-refractivity contribution in [3.63, 3.8) is 0 Å². The molecule has 1 aliphatic heterocycles. The smallest absolute Gasteiger partial charge is 0.214 e. The zero-order valence-corrected chi connectivity index (χ0v) is 15.9. The van der Waals surface area contributed by atoms with Gasteiger partial charge in [-0.2, -0.15) is 0 Å². The summed E-state index contributed by atoms with van der Waals surface area (Å²) in [6.45, 7) is 13.4. The normalized spacial score (nSPS) is 11.0. The number of carbonyl (C=O) groups is 1. The van der Waals surface area contributed by atoms with Crippen LogP contribution in [-0.4, -0.2) is 19.6 Å². The number of amides is 1. The second-order valence-corrected chi connectivity index (χ2v) is 4.77. The number of benzene rings is 2. The molecule has 2 aromatic rings. The maximum atomic E-state index is 10.6. The highest BCUT2D eigenvalue weighted by Gasteiger charge is 2.15. The minimum Gasteiger partial charge on any atom is -0.490 e. The van der Waals surface area contributed by atoms with Gasteiger partial charge in [0.15, 0.2) is 0 Å². The Labute approximate surface area is 147 Å². The van der Waals surface area contributed by atoms with Gasteiger partial charge in [-0.15, -0.1) is 0 Å². The van der Waals surface area contributed by atoms with Crippen molar-refractivity contribution in [1.29, 1.82) is 0 Å². The lowest BCUT2D eigenvalue weighted by Gasteiger charge is -2.25. The predicted octanol–water partition coefficient (Wildman–Crippen LogP) is 5.40. The van der Waals surface area contributed by atoms with Gasteiger partial charge in [-0.25, -0.2) is 0 Å². The van der Waals surface area contributed by atoms with Crippen LogP contribution in [0.1, 0.15) is 38.8 Å². The zero-order chi connectivity index (χ0) is 18.4. The van der Waals surface area contributed by atoms with Crippen molar-refractivity contribution in [1.82, 2.24) is 0 Å². The van der Waals surface area contributed by atoms with E-state index in [0.717, 1.165) is 17.8 Å². The molecule has 3 nitrogen and oxygen atoms in total. The highest BCUT2D eigenvalue weighted by atomic mass is 16.5. The van der Waals surface area contributed by atoms with E-state index >= 15 is 0 Å². The first-order chi connectivity index (χ1) is 11.7. The van der Waals surface area contributed by atoms with Crippen molar-refractivity contribution >= 4 is 12.1 Å². The molecule has 24 heavy (non-hydrogen) atoms. The molecule has 1 amide bonds. The number of hydrogen-bond donors (Lipinski definition) is 0. The van der Waals surface area contributed by atoms with E-state index in [-0.39, 0.29) is 0 Å². The van der Waals surface area contributed by atoms with E-state index in [9.17, 15) is 4.79 Å². The van der Waals surface area contributed by atoms with E-state index in [1.165, 1.54) is 11.1 Å². The summed E-state index contributed by atoms with van der Waals surface area (Å²) in [5.74, 6) is 0.788. The SMILES string of the molecule is CC.CC.Cc1cccc(C)c1.O=CN1CCOc2ccccc21. The van der Waals surface area contributed by atoms with Crippen molar-refractivity contribution in [2.45, 2.75) is 41.5 Å². The molecule has 0 N–H and O–H groups in total. The van der Waals surface area contributed by atoms with Gasteiger partial charge in [0, 0.05) is 0 Å². The second kappa shape index (κ2) is 13.2.